The third-order valence-corrected chi connectivity index (χ3v) is 8.45. The fraction of sp³-hybridized carbons (Fsp3) is 0.367. The molecule has 0 spiro atoms. The Bertz CT molecular complexity index is 1430. The van der Waals surface area contributed by atoms with E-state index in [1.807, 2.05) is 0 Å². The van der Waals surface area contributed by atoms with Gasteiger partial charge < -0.3 is 40.0 Å². The van der Waals surface area contributed by atoms with Gasteiger partial charge in [-0.2, -0.15) is 0 Å². The average molecular weight is 630 g/mol. The van der Waals surface area contributed by atoms with Crippen LogP contribution in [-0.4, -0.2) is 88.4 Å². The molecule has 4 rings (SSSR count). The Hall–Kier alpha value is -4.72. The van der Waals surface area contributed by atoms with Gasteiger partial charge in [0.05, 0.1) is 26.9 Å². The van der Waals surface area contributed by atoms with E-state index in [1.165, 1.54) is 49.1 Å². The maximum atomic E-state index is 13.2. The molecule has 4 atom stereocenters. The van der Waals surface area contributed by atoms with Gasteiger partial charge in [0.25, 0.3) is 0 Å². The summed E-state index contributed by atoms with van der Waals surface area (Å²) < 4.78 is 13.3. The highest BCUT2D eigenvalue weighted by atomic mass is 32.2. The maximum Gasteiger partial charge on any atom is 0.337 e. The van der Waals surface area contributed by atoms with Crippen molar-refractivity contribution in [2.75, 3.05) is 21.3 Å². The molecule has 1 unspecified atom stereocenters. The van der Waals surface area contributed by atoms with Crippen molar-refractivity contribution in [1.82, 2.24) is 15.5 Å². The Morgan fingerprint density at radius 2 is 1.61 bits per heavy atom. The molecule has 0 bridgehead atoms. The smallest absolute Gasteiger partial charge is 0.337 e. The molecule has 0 radical (unpaired) electrons. The Morgan fingerprint density at radius 3 is 2.14 bits per heavy atom. The molecule has 0 aromatic heterocycles. The highest BCUT2D eigenvalue weighted by Gasteiger charge is 2.64. The molecule has 13 nitrogen and oxygen atoms in total. The molecule has 2 amide bonds. The predicted octanol–water partition coefficient (Wildman–Crippen LogP) is 2.21. The number of ether oxygens (including phenoxy) is 3. The van der Waals surface area contributed by atoms with Crippen molar-refractivity contribution < 1.29 is 48.4 Å². The van der Waals surface area contributed by atoms with Crippen LogP contribution in [0.4, 0.5) is 0 Å². The molecule has 2 aliphatic heterocycles. The van der Waals surface area contributed by atoms with Crippen LogP contribution in [0, 0.1) is 0 Å². The molecule has 2 aromatic rings. The van der Waals surface area contributed by atoms with E-state index < -0.39 is 52.0 Å². The molecule has 2 heterocycles. The van der Waals surface area contributed by atoms with Gasteiger partial charge in [0.2, 0.25) is 11.8 Å². The van der Waals surface area contributed by atoms with Gasteiger partial charge in [0.1, 0.15) is 35.0 Å². The lowest BCUT2D eigenvalue weighted by Gasteiger charge is -2.44. The molecule has 0 aliphatic carbocycles. The number of nitrogens with zero attached hydrogens (tertiary/aromatic N) is 1. The average Bonchev–Trinajstić information content (AvgIpc) is 3.26. The third kappa shape index (κ3) is 7.61. The number of carbonyl (C=O) groups excluding carboxylic acids is 4. The second kappa shape index (κ2) is 14.2. The minimum Gasteiger partial charge on any atom is -0.508 e. The number of carboxylic acid groups (broad SMARTS) is 1. The van der Waals surface area contributed by atoms with E-state index in [0.29, 0.717) is 16.8 Å². The summed E-state index contributed by atoms with van der Waals surface area (Å²) in [4.78, 5) is 61.3. The third-order valence-electron chi connectivity index (χ3n) is 6.88. The number of phenolic OH excluding ortho intramolecular Hbond substituents is 1. The van der Waals surface area contributed by atoms with Crippen molar-refractivity contribution in [3.05, 3.63) is 71.4 Å². The minimum atomic E-state index is -1.09. The molecule has 2 saturated heterocycles. The number of β-lactam (4-membered cyclic amide) rings is 1. The monoisotopic (exact) mass is 629 g/mol. The van der Waals surface area contributed by atoms with Crippen LogP contribution in [0.15, 0.2) is 60.3 Å². The van der Waals surface area contributed by atoms with Gasteiger partial charge in [-0.1, -0.05) is 12.1 Å². The number of carboxylic acids is 1. The van der Waals surface area contributed by atoms with E-state index >= 15 is 0 Å². The van der Waals surface area contributed by atoms with E-state index in [1.54, 1.807) is 64.3 Å². The van der Waals surface area contributed by atoms with Crippen molar-refractivity contribution in [2.45, 2.75) is 49.0 Å². The van der Waals surface area contributed by atoms with E-state index in [0.717, 1.165) is 5.75 Å². The fourth-order valence-electron chi connectivity index (χ4n) is 4.70. The summed E-state index contributed by atoms with van der Waals surface area (Å²) in [5.41, 5.74) is 1.37. The number of hydrogen-bond acceptors (Lipinski definition) is 11. The molecule has 0 saturated carbocycles. The lowest BCUT2D eigenvalue weighted by Crippen LogP contribution is -2.71. The molecule has 2 aliphatic rings. The molecular formula is C30H35N3O10S. The number of aliphatic carboxylic acids is 1. The van der Waals surface area contributed by atoms with E-state index in [-0.39, 0.29) is 11.7 Å². The molecular weight excluding hydrogens is 594 g/mol. The van der Waals surface area contributed by atoms with Crippen molar-refractivity contribution in [1.29, 1.82) is 0 Å². The first-order valence-corrected chi connectivity index (χ1v) is 14.2. The van der Waals surface area contributed by atoms with Crippen LogP contribution in [0.25, 0.3) is 0 Å². The van der Waals surface area contributed by atoms with Gasteiger partial charge in [0, 0.05) is 16.5 Å². The standard InChI is InChI=1S/C21H25N3O7S.C9H10O3/c1-10(9-13(26)31-4)22-14(11-5-7-12(25)8-6-11)17(27)23-15-18(28)24-16(20(29)30)21(2,3)32-19(15)24;1-11-8-5-3-7(4-6-8)9(10)12-2/h5-9,14-16,19,22,25H,1-4H3,(H,23,27)(H,29,30);3-6H,1-2H3/t14?,15-,16+,19-;/m1./s1. The number of thioether (sulfide) groups is 1. The number of benzene rings is 2. The number of phenols is 1. The van der Waals surface area contributed by atoms with Crippen LogP contribution in [0.1, 0.15) is 42.7 Å². The summed E-state index contributed by atoms with van der Waals surface area (Å²) in [6.07, 6.45) is 1.18. The van der Waals surface area contributed by atoms with Crippen LogP contribution in [0.2, 0.25) is 0 Å². The summed E-state index contributed by atoms with van der Waals surface area (Å²) in [6.45, 7) is 5.09. The van der Waals surface area contributed by atoms with Crippen LogP contribution >= 0.6 is 11.8 Å². The van der Waals surface area contributed by atoms with Crippen LogP contribution < -0.4 is 15.4 Å². The number of hydrogen-bond donors (Lipinski definition) is 4. The zero-order chi connectivity index (χ0) is 32.8. The van der Waals surface area contributed by atoms with Gasteiger partial charge in [-0.15, -0.1) is 11.8 Å². The number of allylic oxidation sites excluding steroid dienone is 1. The molecule has 14 heteroatoms. The second-order valence-electron chi connectivity index (χ2n) is 10.3. The number of esters is 2. The van der Waals surface area contributed by atoms with E-state index in [9.17, 15) is 34.2 Å². The molecule has 2 aromatic carbocycles. The highest BCUT2D eigenvalue weighted by molar-refractivity contribution is 8.01. The van der Waals surface area contributed by atoms with Gasteiger partial charge in [-0.25, -0.2) is 14.4 Å². The van der Waals surface area contributed by atoms with Gasteiger partial charge in [-0.05, 0) is 62.7 Å². The summed E-state index contributed by atoms with van der Waals surface area (Å²) in [7, 11) is 4.16. The summed E-state index contributed by atoms with van der Waals surface area (Å²) in [6, 6.07) is 9.83. The van der Waals surface area contributed by atoms with Gasteiger partial charge in [0.15, 0.2) is 0 Å². The molecule has 2 fully saturated rings. The molecule has 4 N–H and O–H groups in total. The molecule has 236 valence electrons. The highest BCUT2D eigenvalue weighted by Crippen LogP contribution is 2.50. The van der Waals surface area contributed by atoms with Crippen molar-refractivity contribution in [3.63, 3.8) is 0 Å². The number of aromatic hydroxyl groups is 1. The van der Waals surface area contributed by atoms with Crippen molar-refractivity contribution in [3.8, 4) is 11.5 Å². The maximum absolute atomic E-state index is 13.2. The van der Waals surface area contributed by atoms with E-state index in [4.69, 9.17) is 4.74 Å². The minimum absolute atomic E-state index is 0.0174. The van der Waals surface area contributed by atoms with E-state index in [2.05, 4.69) is 20.1 Å². The first-order valence-electron chi connectivity index (χ1n) is 13.3. The largest absolute Gasteiger partial charge is 0.508 e. The number of amides is 2. The Morgan fingerprint density at radius 1 is 1.00 bits per heavy atom. The normalized spacial score (nSPS) is 20.5. The zero-order valence-corrected chi connectivity index (χ0v) is 25.8. The Kier molecular flexibility index (Phi) is 10.9. The first kappa shape index (κ1) is 33.8. The Balaban J connectivity index is 0.000000369. The summed E-state index contributed by atoms with van der Waals surface area (Å²) >= 11 is 1.33. The van der Waals surface area contributed by atoms with Crippen LogP contribution in [0.5, 0.6) is 11.5 Å². The van der Waals surface area contributed by atoms with Crippen molar-refractivity contribution in [2.24, 2.45) is 0 Å². The predicted molar refractivity (Wildman–Crippen MR) is 160 cm³/mol. The number of nitrogens with one attached hydrogen (secondary N) is 2. The Labute approximate surface area is 258 Å². The zero-order valence-electron chi connectivity index (χ0n) is 25.0. The molecule has 44 heavy (non-hydrogen) atoms. The number of rotatable bonds is 9. The summed E-state index contributed by atoms with van der Waals surface area (Å²) in [5.74, 6) is -2.28. The second-order valence-corrected chi connectivity index (χ2v) is 12.1. The quantitative estimate of drug-likeness (QED) is 0.181. The van der Waals surface area contributed by atoms with Crippen molar-refractivity contribution >= 4 is 41.5 Å². The SMILES string of the molecule is COC(=O)C=C(C)NC(C(=O)N[C@@H]1C(=O)N2[C@@H]1SC(C)(C)[C@@H]2C(=O)O)c1ccc(O)cc1.COC(=O)c1ccc(OC)cc1. The fourth-order valence-corrected chi connectivity index (χ4v) is 6.32. The number of fused-ring (bicyclic) bond motifs is 1. The van der Waals surface area contributed by atoms with Gasteiger partial charge in [-0.3, -0.25) is 9.59 Å². The van der Waals surface area contributed by atoms with Crippen LogP contribution in [0.3, 0.4) is 0 Å². The topological polar surface area (TPSA) is 181 Å². The van der Waals surface area contributed by atoms with Crippen LogP contribution in [-0.2, 0) is 28.7 Å². The number of methoxy groups -OCH3 is 3. The number of carbonyl (C=O) groups is 5. The van der Waals surface area contributed by atoms with Gasteiger partial charge >= 0.3 is 17.9 Å². The lowest BCUT2D eigenvalue weighted by molar-refractivity contribution is -0.161. The lowest BCUT2D eigenvalue weighted by atomic mass is 9.95. The summed E-state index contributed by atoms with van der Waals surface area (Å²) in [5, 5.41) is 24.3. The first-order chi connectivity index (χ1) is 20.7.